The Kier molecular flexibility index (Phi) is 7.70. The van der Waals surface area contributed by atoms with Crippen molar-refractivity contribution >= 4 is 40.4 Å². The number of phenols is 2. The minimum Gasteiger partial charge on any atom is -0.508 e. The number of phenolic OH excluding ortho intramolecular Hbond substituents is 2. The van der Waals surface area contributed by atoms with Crippen molar-refractivity contribution in [3.8, 4) is 11.5 Å². The average molecular weight is 552 g/mol. The standard InChI is InChI=1S/C26H26FN7O6/c1-13(2)16-10-17(21(36)11-20(16)35)22(28)34(24(29)37)15-3-4-19-14(9-15)5-6-33(19)7-8-40-26(39)32-23-18(27)12-30-25(38)31-23/h3-6,9-13,28,35-36H,7-8H2,1-2H3,(H2,29,37)(H2,30,31,32,38,39). The Labute approximate surface area is 226 Å². The Morgan fingerprint density at radius 1 is 1.23 bits per heavy atom. The largest absolute Gasteiger partial charge is 0.508 e. The summed E-state index contributed by atoms with van der Waals surface area (Å²) in [5.74, 6) is -2.48. The highest BCUT2D eigenvalue weighted by atomic mass is 19.1. The second-order valence-corrected chi connectivity index (χ2v) is 9.02. The van der Waals surface area contributed by atoms with Gasteiger partial charge in [-0.3, -0.25) is 10.7 Å². The van der Waals surface area contributed by atoms with Gasteiger partial charge < -0.3 is 30.2 Å². The molecule has 0 spiro atoms. The Morgan fingerprint density at radius 2 is 1.98 bits per heavy atom. The molecule has 4 aromatic rings. The van der Waals surface area contributed by atoms with Crippen molar-refractivity contribution in [2.75, 3.05) is 16.8 Å². The van der Waals surface area contributed by atoms with Crippen molar-refractivity contribution in [3.63, 3.8) is 0 Å². The predicted octanol–water partition coefficient (Wildman–Crippen LogP) is 3.56. The van der Waals surface area contributed by atoms with Gasteiger partial charge >= 0.3 is 17.8 Å². The second kappa shape index (κ2) is 11.1. The van der Waals surface area contributed by atoms with Crippen molar-refractivity contribution in [2.45, 2.75) is 26.3 Å². The number of anilines is 2. The number of fused-ring (bicyclic) bond motifs is 1. The van der Waals surface area contributed by atoms with Gasteiger partial charge in [0.05, 0.1) is 17.8 Å². The molecule has 14 heteroatoms. The number of urea groups is 1. The van der Waals surface area contributed by atoms with E-state index >= 15 is 0 Å². The number of rotatable bonds is 7. The molecule has 0 radical (unpaired) electrons. The zero-order valence-electron chi connectivity index (χ0n) is 21.4. The molecule has 7 N–H and O–H groups in total. The van der Waals surface area contributed by atoms with Crippen molar-refractivity contribution < 1.29 is 28.9 Å². The summed E-state index contributed by atoms with van der Waals surface area (Å²) in [5.41, 5.74) is 6.26. The van der Waals surface area contributed by atoms with Gasteiger partial charge in [-0.25, -0.2) is 23.7 Å². The molecule has 2 heterocycles. The minimum absolute atomic E-state index is 0.0172. The Morgan fingerprint density at radius 3 is 2.67 bits per heavy atom. The fourth-order valence-electron chi connectivity index (χ4n) is 4.09. The second-order valence-electron chi connectivity index (χ2n) is 9.02. The number of amidine groups is 1. The van der Waals surface area contributed by atoms with Crippen LogP contribution in [-0.2, 0) is 11.3 Å². The third-order valence-electron chi connectivity index (χ3n) is 6.03. The number of ether oxygens (including phenoxy) is 1. The topological polar surface area (TPSA) is 200 Å². The lowest BCUT2D eigenvalue weighted by Crippen LogP contribution is -2.41. The first kappa shape index (κ1) is 27.6. The van der Waals surface area contributed by atoms with Crippen LogP contribution < -0.4 is 21.6 Å². The van der Waals surface area contributed by atoms with Crippen LogP contribution in [0.3, 0.4) is 0 Å². The van der Waals surface area contributed by atoms with E-state index in [1.807, 2.05) is 18.8 Å². The molecule has 4 rings (SSSR count). The van der Waals surface area contributed by atoms with E-state index in [1.54, 1.807) is 35.0 Å². The molecular formula is C26H26FN7O6. The smallest absolute Gasteiger partial charge is 0.412 e. The summed E-state index contributed by atoms with van der Waals surface area (Å²) in [6, 6.07) is 8.23. The highest BCUT2D eigenvalue weighted by Gasteiger charge is 2.24. The number of carbonyl (C=O) groups is 2. The summed E-state index contributed by atoms with van der Waals surface area (Å²) in [4.78, 5) is 41.9. The van der Waals surface area contributed by atoms with Crippen LogP contribution in [0.2, 0.25) is 0 Å². The molecule has 3 amide bonds. The highest BCUT2D eigenvalue weighted by molar-refractivity contribution is 6.22. The number of amides is 3. The molecule has 2 aromatic carbocycles. The number of halogens is 1. The van der Waals surface area contributed by atoms with Crippen LogP contribution in [0.25, 0.3) is 10.9 Å². The molecule has 0 atom stereocenters. The first-order chi connectivity index (χ1) is 19.0. The molecule has 0 unspecified atom stereocenters. The number of carbonyl (C=O) groups excluding carboxylic acids is 2. The van der Waals surface area contributed by atoms with E-state index in [9.17, 15) is 29.0 Å². The lowest BCUT2D eigenvalue weighted by atomic mass is 9.98. The number of nitrogens with zero attached hydrogens (tertiary/aromatic N) is 3. The first-order valence-electron chi connectivity index (χ1n) is 12.0. The SMILES string of the molecule is CC(C)c1cc(C(=N)N(C(N)=O)c2ccc3c(ccn3CCOC(=O)Nc3nc(=O)[nH]cc3F)c2)c(O)cc1O. The molecule has 13 nitrogen and oxygen atoms in total. The summed E-state index contributed by atoms with van der Waals surface area (Å²) in [6.45, 7) is 3.79. The Hall–Kier alpha value is -5.40. The van der Waals surface area contributed by atoms with Crippen LogP contribution in [-0.4, -0.2) is 49.3 Å². The van der Waals surface area contributed by atoms with Gasteiger partial charge in [-0.15, -0.1) is 0 Å². The molecular weight excluding hydrogens is 525 g/mol. The van der Waals surface area contributed by atoms with Gasteiger partial charge in [0.2, 0.25) is 0 Å². The first-order valence-corrected chi connectivity index (χ1v) is 12.0. The Balaban J connectivity index is 1.50. The van der Waals surface area contributed by atoms with Gasteiger partial charge in [-0.2, -0.15) is 4.98 Å². The minimum atomic E-state index is -0.996. The summed E-state index contributed by atoms with van der Waals surface area (Å²) >= 11 is 0. The van der Waals surface area contributed by atoms with Crippen LogP contribution >= 0.6 is 0 Å². The van der Waals surface area contributed by atoms with E-state index < -0.39 is 29.4 Å². The van der Waals surface area contributed by atoms with Gasteiger partial charge in [0.1, 0.15) is 23.9 Å². The van der Waals surface area contributed by atoms with Crippen LogP contribution in [0.5, 0.6) is 11.5 Å². The fourth-order valence-corrected chi connectivity index (χ4v) is 4.09. The third kappa shape index (κ3) is 5.70. The van der Waals surface area contributed by atoms with Crippen LogP contribution in [0.1, 0.15) is 30.9 Å². The number of H-pyrrole nitrogens is 1. The number of aromatic hydroxyl groups is 2. The number of hydrogen-bond acceptors (Lipinski definition) is 8. The maximum Gasteiger partial charge on any atom is 0.412 e. The zero-order chi connectivity index (χ0) is 29.1. The molecule has 0 saturated carbocycles. The van der Waals surface area contributed by atoms with Crippen molar-refractivity contribution in [2.24, 2.45) is 5.73 Å². The molecule has 0 aliphatic heterocycles. The molecule has 0 aliphatic carbocycles. The van der Waals surface area contributed by atoms with Crippen molar-refractivity contribution in [1.82, 2.24) is 14.5 Å². The lowest BCUT2D eigenvalue weighted by molar-refractivity contribution is 0.157. The van der Waals surface area contributed by atoms with E-state index in [1.165, 1.54) is 6.07 Å². The molecule has 208 valence electrons. The molecule has 40 heavy (non-hydrogen) atoms. The van der Waals surface area contributed by atoms with Crippen LogP contribution in [0, 0.1) is 11.2 Å². The zero-order valence-corrected chi connectivity index (χ0v) is 21.4. The summed E-state index contributed by atoms with van der Waals surface area (Å²) in [5, 5.41) is 31.9. The highest BCUT2D eigenvalue weighted by Crippen LogP contribution is 2.34. The number of nitrogens with two attached hydrogens (primary N) is 1. The van der Waals surface area contributed by atoms with Crippen molar-refractivity contribution in [1.29, 1.82) is 5.41 Å². The number of primary amides is 1. The van der Waals surface area contributed by atoms with E-state index in [2.05, 4.69) is 10.3 Å². The number of nitrogens with one attached hydrogen (secondary N) is 3. The maximum atomic E-state index is 13.6. The van der Waals surface area contributed by atoms with Gasteiger partial charge in [-0.1, -0.05) is 13.8 Å². The van der Waals surface area contributed by atoms with Gasteiger partial charge in [0.25, 0.3) is 0 Å². The lowest BCUT2D eigenvalue weighted by Gasteiger charge is -2.23. The molecule has 0 bridgehead atoms. The van der Waals surface area contributed by atoms with Crippen molar-refractivity contribution in [3.05, 3.63) is 76.2 Å². The van der Waals surface area contributed by atoms with Crippen LogP contribution in [0.4, 0.5) is 25.5 Å². The summed E-state index contributed by atoms with van der Waals surface area (Å²) < 4.78 is 20.5. The maximum absolute atomic E-state index is 13.6. The normalized spacial score (nSPS) is 11.0. The molecule has 0 aliphatic rings. The number of benzene rings is 2. The monoisotopic (exact) mass is 551 g/mol. The third-order valence-corrected chi connectivity index (χ3v) is 6.03. The molecule has 0 saturated heterocycles. The van der Waals surface area contributed by atoms with Gasteiger partial charge in [0.15, 0.2) is 11.6 Å². The quantitative estimate of drug-likeness (QED) is 0.149. The fraction of sp³-hybridized carbons (Fsp3) is 0.192. The average Bonchev–Trinajstić information content (AvgIpc) is 3.28. The van der Waals surface area contributed by atoms with Crippen LogP contribution in [0.15, 0.2) is 53.6 Å². The van der Waals surface area contributed by atoms with Gasteiger partial charge in [-0.05, 0) is 41.8 Å². The Bertz CT molecular complexity index is 1680. The van der Waals surface area contributed by atoms with E-state index in [0.29, 0.717) is 16.5 Å². The van der Waals surface area contributed by atoms with Gasteiger partial charge in [0, 0.05) is 29.4 Å². The van der Waals surface area contributed by atoms with E-state index in [0.717, 1.165) is 17.2 Å². The number of aromatic amines is 1. The van der Waals surface area contributed by atoms with E-state index in [4.69, 9.17) is 15.9 Å². The van der Waals surface area contributed by atoms with E-state index in [-0.39, 0.29) is 47.7 Å². The predicted molar refractivity (Wildman–Crippen MR) is 144 cm³/mol. The number of hydrogen-bond donors (Lipinski definition) is 6. The molecule has 0 fully saturated rings. The summed E-state index contributed by atoms with van der Waals surface area (Å²) in [6.07, 6.45) is 1.49. The number of aromatic nitrogens is 3. The molecule has 2 aromatic heterocycles. The summed E-state index contributed by atoms with van der Waals surface area (Å²) in [7, 11) is 0.